The third kappa shape index (κ3) is 3.32. The number of nitro benzene ring substituents is 1. The molecule has 0 aliphatic carbocycles. The van der Waals surface area contributed by atoms with Crippen LogP contribution in [-0.2, 0) is 9.59 Å². The zero-order valence-corrected chi connectivity index (χ0v) is 14.6. The van der Waals surface area contributed by atoms with Crippen LogP contribution in [0, 0.1) is 24.0 Å². The second kappa shape index (κ2) is 6.83. The van der Waals surface area contributed by atoms with Crippen LogP contribution >= 0.6 is 0 Å². The topological polar surface area (TPSA) is 110 Å². The summed E-state index contributed by atoms with van der Waals surface area (Å²) in [4.78, 5) is 48.7. The van der Waals surface area contributed by atoms with Gasteiger partial charge in [-0.25, -0.2) is 9.69 Å². The molecule has 0 spiro atoms. The minimum atomic E-state index is -0.849. The van der Waals surface area contributed by atoms with E-state index in [4.69, 9.17) is 0 Å². The SMILES string of the molecule is Cc1ccccc1N1C(=O)NC(=O)/C(=C\c2ccc(C)c([N+](=O)[O-])c2)C1=O. The summed E-state index contributed by atoms with van der Waals surface area (Å²) >= 11 is 0. The number of anilines is 1. The van der Waals surface area contributed by atoms with E-state index >= 15 is 0 Å². The predicted octanol–water partition coefficient (Wildman–Crippen LogP) is 2.88. The van der Waals surface area contributed by atoms with Gasteiger partial charge in [-0.3, -0.25) is 25.0 Å². The number of urea groups is 1. The van der Waals surface area contributed by atoms with E-state index in [1.54, 1.807) is 44.2 Å². The lowest BCUT2D eigenvalue weighted by Crippen LogP contribution is -2.54. The number of benzene rings is 2. The molecule has 1 N–H and O–H groups in total. The number of hydrogen-bond donors (Lipinski definition) is 1. The molecule has 0 aromatic heterocycles. The Morgan fingerprint density at radius 3 is 2.41 bits per heavy atom. The van der Waals surface area contributed by atoms with Crippen molar-refractivity contribution >= 4 is 35.3 Å². The first-order valence-corrected chi connectivity index (χ1v) is 8.01. The van der Waals surface area contributed by atoms with Gasteiger partial charge in [-0.1, -0.05) is 30.3 Å². The average Bonchev–Trinajstić information content (AvgIpc) is 2.61. The first kappa shape index (κ1) is 18.0. The Kier molecular flexibility index (Phi) is 4.55. The Hall–Kier alpha value is -3.81. The molecular weight excluding hydrogens is 350 g/mol. The Labute approximate surface area is 154 Å². The van der Waals surface area contributed by atoms with Crippen molar-refractivity contribution in [1.82, 2.24) is 5.32 Å². The summed E-state index contributed by atoms with van der Waals surface area (Å²) < 4.78 is 0. The van der Waals surface area contributed by atoms with Crippen LogP contribution in [0.4, 0.5) is 16.2 Å². The highest BCUT2D eigenvalue weighted by Gasteiger charge is 2.37. The Morgan fingerprint density at radius 2 is 1.74 bits per heavy atom. The summed E-state index contributed by atoms with van der Waals surface area (Å²) in [5.41, 5.74) is 1.40. The van der Waals surface area contributed by atoms with Crippen LogP contribution in [0.3, 0.4) is 0 Å². The summed E-state index contributed by atoms with van der Waals surface area (Å²) in [7, 11) is 0. The van der Waals surface area contributed by atoms with Crippen molar-refractivity contribution in [2.75, 3.05) is 4.90 Å². The van der Waals surface area contributed by atoms with Crippen molar-refractivity contribution in [2.45, 2.75) is 13.8 Å². The lowest BCUT2D eigenvalue weighted by Gasteiger charge is -2.27. The molecule has 1 saturated heterocycles. The second-order valence-corrected chi connectivity index (χ2v) is 6.05. The molecule has 136 valence electrons. The number of nitrogens with one attached hydrogen (secondary N) is 1. The number of amides is 4. The van der Waals surface area contributed by atoms with Crippen molar-refractivity contribution in [3.8, 4) is 0 Å². The standard InChI is InChI=1S/C19H15N3O5/c1-11-5-3-4-6-15(11)21-18(24)14(17(23)20-19(21)25)9-13-8-7-12(2)16(10-13)22(26)27/h3-10H,1-2H3,(H,20,23,25)/b14-9+. The predicted molar refractivity (Wildman–Crippen MR) is 98.0 cm³/mol. The fourth-order valence-corrected chi connectivity index (χ4v) is 2.77. The largest absolute Gasteiger partial charge is 0.335 e. The van der Waals surface area contributed by atoms with E-state index in [-0.39, 0.29) is 11.3 Å². The van der Waals surface area contributed by atoms with E-state index in [9.17, 15) is 24.5 Å². The van der Waals surface area contributed by atoms with Gasteiger partial charge in [0.25, 0.3) is 17.5 Å². The molecule has 2 aromatic rings. The Morgan fingerprint density at radius 1 is 1.04 bits per heavy atom. The van der Waals surface area contributed by atoms with Crippen LogP contribution in [0.5, 0.6) is 0 Å². The van der Waals surface area contributed by atoms with E-state index in [1.165, 1.54) is 18.2 Å². The van der Waals surface area contributed by atoms with Gasteiger partial charge in [-0.15, -0.1) is 0 Å². The second-order valence-electron chi connectivity index (χ2n) is 6.05. The quantitative estimate of drug-likeness (QED) is 0.389. The maximum Gasteiger partial charge on any atom is 0.335 e. The molecule has 0 saturated carbocycles. The van der Waals surface area contributed by atoms with Gasteiger partial charge in [0.05, 0.1) is 10.6 Å². The molecule has 2 aromatic carbocycles. The molecule has 1 aliphatic heterocycles. The van der Waals surface area contributed by atoms with E-state index in [0.717, 1.165) is 4.90 Å². The lowest BCUT2D eigenvalue weighted by molar-refractivity contribution is -0.385. The van der Waals surface area contributed by atoms with Crippen LogP contribution in [-0.4, -0.2) is 22.8 Å². The van der Waals surface area contributed by atoms with Gasteiger partial charge in [-0.05, 0) is 37.1 Å². The fourth-order valence-electron chi connectivity index (χ4n) is 2.77. The molecule has 4 amide bonds. The average molecular weight is 365 g/mol. The molecule has 0 bridgehead atoms. The van der Waals surface area contributed by atoms with Gasteiger partial charge in [0.15, 0.2) is 0 Å². The van der Waals surface area contributed by atoms with Gasteiger partial charge in [0.2, 0.25) is 0 Å². The van der Waals surface area contributed by atoms with Crippen LogP contribution < -0.4 is 10.2 Å². The van der Waals surface area contributed by atoms with E-state index in [0.29, 0.717) is 22.4 Å². The number of barbiturate groups is 1. The number of para-hydroxylation sites is 1. The number of nitro groups is 1. The summed E-state index contributed by atoms with van der Waals surface area (Å²) in [6.45, 7) is 3.32. The lowest BCUT2D eigenvalue weighted by atomic mass is 10.0. The molecular formula is C19H15N3O5. The van der Waals surface area contributed by atoms with Crippen molar-refractivity contribution in [1.29, 1.82) is 0 Å². The molecule has 1 aliphatic rings. The maximum absolute atomic E-state index is 12.8. The molecule has 8 heteroatoms. The molecule has 8 nitrogen and oxygen atoms in total. The van der Waals surface area contributed by atoms with Gasteiger partial charge < -0.3 is 0 Å². The van der Waals surface area contributed by atoms with Crippen molar-refractivity contribution < 1.29 is 19.3 Å². The van der Waals surface area contributed by atoms with Crippen LogP contribution in [0.2, 0.25) is 0 Å². The number of imide groups is 2. The van der Waals surface area contributed by atoms with Crippen molar-refractivity contribution in [3.63, 3.8) is 0 Å². The van der Waals surface area contributed by atoms with Gasteiger partial charge in [0, 0.05) is 11.6 Å². The van der Waals surface area contributed by atoms with Crippen molar-refractivity contribution in [3.05, 3.63) is 74.8 Å². The monoisotopic (exact) mass is 365 g/mol. The molecule has 27 heavy (non-hydrogen) atoms. The first-order valence-electron chi connectivity index (χ1n) is 8.01. The molecule has 3 rings (SSSR count). The summed E-state index contributed by atoms with van der Waals surface area (Å²) in [6, 6.07) is 10.3. The highest BCUT2D eigenvalue weighted by molar-refractivity contribution is 6.39. The molecule has 0 radical (unpaired) electrons. The zero-order chi connectivity index (χ0) is 19.7. The third-order valence-corrected chi connectivity index (χ3v) is 4.20. The van der Waals surface area contributed by atoms with Gasteiger partial charge >= 0.3 is 6.03 Å². The third-order valence-electron chi connectivity index (χ3n) is 4.20. The number of carbonyl (C=O) groups is 3. The molecule has 1 heterocycles. The number of carbonyl (C=O) groups excluding carboxylic acids is 3. The number of rotatable bonds is 3. The van der Waals surface area contributed by atoms with Crippen LogP contribution in [0.1, 0.15) is 16.7 Å². The van der Waals surface area contributed by atoms with E-state index in [2.05, 4.69) is 5.32 Å². The molecule has 1 fully saturated rings. The minimum absolute atomic E-state index is 0.125. The van der Waals surface area contributed by atoms with Gasteiger partial charge in [0.1, 0.15) is 5.57 Å². The van der Waals surface area contributed by atoms with Crippen LogP contribution in [0.15, 0.2) is 48.0 Å². The Balaban J connectivity index is 2.06. The smallest absolute Gasteiger partial charge is 0.273 e. The van der Waals surface area contributed by atoms with Crippen LogP contribution in [0.25, 0.3) is 6.08 Å². The molecule has 0 unspecified atom stereocenters. The number of hydrogen-bond acceptors (Lipinski definition) is 5. The summed E-state index contributed by atoms with van der Waals surface area (Å²) in [6.07, 6.45) is 1.24. The Bertz CT molecular complexity index is 1030. The van der Waals surface area contributed by atoms with E-state index < -0.39 is 22.8 Å². The zero-order valence-electron chi connectivity index (χ0n) is 14.6. The van der Waals surface area contributed by atoms with E-state index in [1.807, 2.05) is 0 Å². The normalized spacial score (nSPS) is 15.9. The minimum Gasteiger partial charge on any atom is -0.273 e. The molecule has 0 atom stereocenters. The van der Waals surface area contributed by atoms with Crippen molar-refractivity contribution in [2.24, 2.45) is 0 Å². The number of aryl methyl sites for hydroxylation is 2. The maximum atomic E-state index is 12.8. The highest BCUT2D eigenvalue weighted by Crippen LogP contribution is 2.26. The van der Waals surface area contributed by atoms with Gasteiger partial charge in [-0.2, -0.15) is 0 Å². The summed E-state index contributed by atoms with van der Waals surface area (Å²) in [5.74, 6) is -1.64. The number of nitrogens with zero attached hydrogens (tertiary/aromatic N) is 2. The summed E-state index contributed by atoms with van der Waals surface area (Å²) in [5, 5.41) is 13.2. The fraction of sp³-hybridized carbons (Fsp3) is 0.105. The highest BCUT2D eigenvalue weighted by atomic mass is 16.6. The first-order chi connectivity index (χ1) is 12.8.